The van der Waals surface area contributed by atoms with Crippen molar-refractivity contribution < 1.29 is 0 Å². The van der Waals surface area contributed by atoms with Gasteiger partial charge in [0.05, 0.1) is 40.3 Å². The molecule has 0 amide bonds. The number of fused-ring (bicyclic) bond motifs is 7. The molecule has 2 aromatic heterocycles. The maximum absolute atomic E-state index is 11.1. The van der Waals surface area contributed by atoms with Crippen LogP contribution in [0.2, 0.25) is 0 Å². The zero-order valence-corrected chi connectivity index (χ0v) is 29.1. The van der Waals surface area contributed by atoms with Crippen molar-refractivity contribution in [1.29, 1.82) is 5.26 Å². The number of nitriles is 1. The van der Waals surface area contributed by atoms with Gasteiger partial charge in [-0.15, -0.1) is 0 Å². The summed E-state index contributed by atoms with van der Waals surface area (Å²) in [6, 6.07) is 65.2. The van der Waals surface area contributed by atoms with Crippen LogP contribution in [0.4, 0.5) is 5.69 Å². The molecule has 0 saturated carbocycles. The van der Waals surface area contributed by atoms with Crippen molar-refractivity contribution >= 4 is 49.3 Å². The van der Waals surface area contributed by atoms with Crippen LogP contribution in [0, 0.1) is 17.9 Å². The molecule has 0 unspecified atom stereocenters. The van der Waals surface area contributed by atoms with Gasteiger partial charge in [0.1, 0.15) is 0 Å². The Morgan fingerprint density at radius 3 is 1.65 bits per heavy atom. The van der Waals surface area contributed by atoms with Crippen LogP contribution in [0.5, 0.6) is 0 Å². The lowest BCUT2D eigenvalue weighted by atomic mass is 9.85. The molecule has 0 aliphatic heterocycles. The molecule has 0 bridgehead atoms. The number of aromatic nitrogens is 2. The van der Waals surface area contributed by atoms with Gasteiger partial charge in [-0.3, -0.25) is 0 Å². The van der Waals surface area contributed by atoms with E-state index in [0.717, 1.165) is 72.0 Å². The van der Waals surface area contributed by atoms with Crippen molar-refractivity contribution in [3.05, 3.63) is 199 Å². The lowest BCUT2D eigenvalue weighted by molar-refractivity contribution is 1.15. The highest BCUT2D eigenvalue weighted by molar-refractivity contribution is 6.26. The number of hydrogen-bond acceptors (Lipinski definition) is 1. The van der Waals surface area contributed by atoms with Gasteiger partial charge in [-0.05, 0) is 64.2 Å². The van der Waals surface area contributed by atoms with Crippen molar-refractivity contribution in [2.24, 2.45) is 0 Å². The molecule has 10 rings (SSSR count). The Kier molecular flexibility index (Phi) is 7.22. The van der Waals surface area contributed by atoms with Crippen LogP contribution >= 0.6 is 0 Å². The van der Waals surface area contributed by atoms with Gasteiger partial charge in [0.25, 0.3) is 0 Å². The summed E-state index contributed by atoms with van der Waals surface area (Å²) < 4.78 is 4.77. The van der Waals surface area contributed by atoms with E-state index < -0.39 is 0 Å². The van der Waals surface area contributed by atoms with Crippen molar-refractivity contribution in [3.8, 4) is 50.8 Å². The van der Waals surface area contributed by atoms with Crippen LogP contribution in [0.3, 0.4) is 0 Å². The first kappa shape index (κ1) is 31.1. The minimum absolute atomic E-state index is 0.473. The predicted octanol–water partition coefficient (Wildman–Crippen LogP) is 13.3. The van der Waals surface area contributed by atoms with Gasteiger partial charge in [-0.1, -0.05) is 146 Å². The summed E-state index contributed by atoms with van der Waals surface area (Å²) in [5.74, 6) is 0. The van der Waals surface area contributed by atoms with Gasteiger partial charge in [-0.25, -0.2) is 4.85 Å². The third-order valence-electron chi connectivity index (χ3n) is 10.6. The molecule has 4 nitrogen and oxygen atoms in total. The van der Waals surface area contributed by atoms with Gasteiger partial charge in [0, 0.05) is 38.5 Å². The summed E-state index contributed by atoms with van der Waals surface area (Å²) in [7, 11) is 0. The molecule has 2 heterocycles. The quantitative estimate of drug-likeness (QED) is 0.166. The average molecular weight is 687 g/mol. The van der Waals surface area contributed by atoms with Crippen molar-refractivity contribution in [3.63, 3.8) is 0 Å². The molecule has 0 aliphatic rings. The van der Waals surface area contributed by atoms with E-state index in [1.165, 1.54) is 10.8 Å². The molecule has 4 heteroatoms. The van der Waals surface area contributed by atoms with E-state index in [1.54, 1.807) is 0 Å². The lowest BCUT2D eigenvalue weighted by Gasteiger charge is -2.18. The zero-order valence-electron chi connectivity index (χ0n) is 29.1. The fraction of sp³-hybridized carbons (Fsp3) is 0. The van der Waals surface area contributed by atoms with Crippen LogP contribution < -0.4 is 0 Å². The van der Waals surface area contributed by atoms with Crippen LogP contribution in [-0.4, -0.2) is 9.13 Å². The van der Waals surface area contributed by atoms with E-state index in [1.807, 2.05) is 66.7 Å². The fourth-order valence-electron chi connectivity index (χ4n) is 8.35. The molecular weight excluding hydrogens is 657 g/mol. The standard InChI is InChI=1S/C50H30N4/c1-52-48-41(33-17-6-2-7-18-33)31-42(43(32-51)46(48)34-19-8-3-9-20-34)38-26-16-28-45-47(38)40-30-29-39-37-25-14-15-27-44(37)53(35-21-10-4-11-22-35)49(39)50(40)54(45)36-23-12-5-13-24-36/h2-31H. The topological polar surface area (TPSA) is 38.0 Å². The molecule has 0 spiro atoms. The highest BCUT2D eigenvalue weighted by atomic mass is 15.0. The molecule has 10 aromatic rings. The predicted molar refractivity (Wildman–Crippen MR) is 222 cm³/mol. The van der Waals surface area contributed by atoms with Gasteiger partial charge >= 0.3 is 0 Å². The molecule has 0 radical (unpaired) electrons. The van der Waals surface area contributed by atoms with E-state index in [-0.39, 0.29) is 0 Å². The highest BCUT2D eigenvalue weighted by Gasteiger charge is 2.26. The summed E-state index contributed by atoms with van der Waals surface area (Å²) in [6.07, 6.45) is 0. The summed E-state index contributed by atoms with van der Waals surface area (Å²) in [5, 5.41) is 15.6. The summed E-state index contributed by atoms with van der Waals surface area (Å²) in [5.41, 5.74) is 12.4. The van der Waals surface area contributed by atoms with E-state index in [4.69, 9.17) is 6.57 Å². The second-order valence-electron chi connectivity index (χ2n) is 13.4. The van der Waals surface area contributed by atoms with E-state index >= 15 is 0 Å². The number of benzene rings is 8. The SMILES string of the molecule is [C-]#[N+]c1c(-c2ccccc2)cc(-c2cccc3c2c2ccc4c5ccccc5n(-c5ccccc5)c4c2n3-c2ccccc2)c(C#N)c1-c1ccccc1. The molecule has 0 N–H and O–H groups in total. The second-order valence-corrected chi connectivity index (χ2v) is 13.4. The number of rotatable bonds is 5. The molecule has 0 atom stereocenters. The third kappa shape index (κ3) is 4.61. The van der Waals surface area contributed by atoms with Crippen molar-refractivity contribution in [1.82, 2.24) is 9.13 Å². The monoisotopic (exact) mass is 686 g/mol. The molecule has 0 saturated heterocycles. The van der Waals surface area contributed by atoms with Crippen LogP contribution in [0.25, 0.3) is 93.2 Å². The van der Waals surface area contributed by atoms with Crippen LogP contribution in [0.15, 0.2) is 182 Å². The van der Waals surface area contributed by atoms with Gasteiger partial charge < -0.3 is 9.13 Å². The molecule has 0 aliphatic carbocycles. The van der Waals surface area contributed by atoms with E-state index in [0.29, 0.717) is 16.8 Å². The van der Waals surface area contributed by atoms with Crippen molar-refractivity contribution in [2.75, 3.05) is 0 Å². The minimum Gasteiger partial charge on any atom is -0.307 e. The summed E-state index contributed by atoms with van der Waals surface area (Å²) in [6.45, 7) is 8.43. The molecule has 250 valence electrons. The maximum atomic E-state index is 11.1. The summed E-state index contributed by atoms with van der Waals surface area (Å²) >= 11 is 0. The minimum atomic E-state index is 0.473. The normalized spacial score (nSPS) is 11.3. The smallest absolute Gasteiger partial charge is 0.203 e. The van der Waals surface area contributed by atoms with Crippen molar-refractivity contribution in [2.45, 2.75) is 0 Å². The number of nitrogens with zero attached hydrogens (tertiary/aromatic N) is 4. The first-order chi connectivity index (χ1) is 26.8. The fourth-order valence-corrected chi connectivity index (χ4v) is 8.35. The second kappa shape index (κ2) is 12.5. The van der Waals surface area contributed by atoms with E-state index in [9.17, 15) is 5.26 Å². The first-order valence-corrected chi connectivity index (χ1v) is 18.0. The lowest BCUT2D eigenvalue weighted by Crippen LogP contribution is -1.98. The van der Waals surface area contributed by atoms with Crippen LogP contribution in [-0.2, 0) is 0 Å². The van der Waals surface area contributed by atoms with E-state index in [2.05, 4.69) is 135 Å². The van der Waals surface area contributed by atoms with Gasteiger partial charge in [-0.2, -0.15) is 5.26 Å². The number of hydrogen-bond donors (Lipinski definition) is 0. The average Bonchev–Trinajstić information content (AvgIpc) is 3.77. The Hall–Kier alpha value is -7.66. The Balaban J connectivity index is 1.42. The van der Waals surface area contributed by atoms with Gasteiger partial charge in [0.15, 0.2) is 0 Å². The maximum Gasteiger partial charge on any atom is 0.203 e. The highest BCUT2D eigenvalue weighted by Crippen LogP contribution is 2.49. The number of para-hydroxylation sites is 3. The largest absolute Gasteiger partial charge is 0.307 e. The Bertz CT molecular complexity index is 3140. The Labute approximate surface area is 312 Å². The molecule has 54 heavy (non-hydrogen) atoms. The first-order valence-electron chi connectivity index (χ1n) is 18.0. The van der Waals surface area contributed by atoms with Crippen LogP contribution in [0.1, 0.15) is 5.56 Å². The molecule has 8 aromatic carbocycles. The summed E-state index contributed by atoms with van der Waals surface area (Å²) in [4.78, 5) is 4.11. The Morgan fingerprint density at radius 1 is 0.463 bits per heavy atom. The molecular formula is C50H30N4. The van der Waals surface area contributed by atoms with Gasteiger partial charge in [0.2, 0.25) is 5.69 Å². The molecule has 0 fully saturated rings. The third-order valence-corrected chi connectivity index (χ3v) is 10.6. The Morgan fingerprint density at radius 2 is 1.00 bits per heavy atom. The zero-order chi connectivity index (χ0) is 36.2.